The molecular weight excluding hydrogens is 268 g/mol. The van der Waals surface area contributed by atoms with Crippen LogP contribution in [-0.2, 0) is 0 Å². The summed E-state index contributed by atoms with van der Waals surface area (Å²) < 4.78 is 0. The Hall–Kier alpha value is -1.86. The van der Waals surface area contributed by atoms with E-state index in [9.17, 15) is 5.11 Å². The van der Waals surface area contributed by atoms with Crippen LogP contribution in [0, 0.1) is 6.92 Å². The number of hydrogen-bond acceptors (Lipinski definition) is 1. The molecule has 0 amide bonds. The van der Waals surface area contributed by atoms with Gasteiger partial charge in [0, 0.05) is 6.61 Å². The highest BCUT2D eigenvalue weighted by Gasteiger charge is 2.24. The largest absolute Gasteiger partial charge is 0.396 e. The fraction of sp³-hybridized carbons (Fsp3) is 0.333. The average molecular weight is 294 g/mol. The minimum atomic E-state index is 0.206. The molecule has 2 rings (SSSR count). The first kappa shape index (κ1) is 16.5. The fourth-order valence-corrected chi connectivity index (χ4v) is 3.12. The molecule has 0 aromatic heterocycles. The second-order valence-corrected chi connectivity index (χ2v) is 6.21. The predicted octanol–water partition coefficient (Wildman–Crippen LogP) is 5.21. The summed E-state index contributed by atoms with van der Waals surface area (Å²) in [5.41, 5.74) is 5.08. The Morgan fingerprint density at radius 1 is 0.955 bits per heavy atom. The quantitative estimate of drug-likeness (QED) is 0.695. The van der Waals surface area contributed by atoms with E-state index < -0.39 is 0 Å². The molecule has 1 heteroatoms. The number of aryl methyl sites for hydroxylation is 1. The van der Waals surface area contributed by atoms with Gasteiger partial charge in [-0.25, -0.2) is 0 Å². The highest BCUT2D eigenvalue weighted by atomic mass is 16.3. The molecule has 1 N–H and O–H groups in total. The van der Waals surface area contributed by atoms with E-state index in [0.717, 1.165) is 12.8 Å². The topological polar surface area (TPSA) is 20.2 Å². The molecule has 0 bridgehead atoms. The molecule has 22 heavy (non-hydrogen) atoms. The summed E-state index contributed by atoms with van der Waals surface area (Å²) >= 11 is 0. The van der Waals surface area contributed by atoms with Crippen molar-refractivity contribution >= 4 is 0 Å². The average Bonchev–Trinajstić information content (AvgIpc) is 2.52. The normalized spacial score (nSPS) is 13.6. The van der Waals surface area contributed by atoms with Crippen molar-refractivity contribution in [3.63, 3.8) is 0 Å². The summed E-state index contributed by atoms with van der Waals surface area (Å²) in [5, 5.41) is 9.55. The summed E-state index contributed by atoms with van der Waals surface area (Å²) in [6.07, 6.45) is 1.72. The molecule has 0 aliphatic carbocycles. The highest BCUT2D eigenvalue weighted by molar-refractivity contribution is 5.31. The van der Waals surface area contributed by atoms with E-state index in [1.165, 1.54) is 22.3 Å². The molecule has 116 valence electrons. The third-order valence-electron chi connectivity index (χ3n) is 4.23. The van der Waals surface area contributed by atoms with Gasteiger partial charge in [0.15, 0.2) is 0 Å². The molecular formula is C21H26O. The van der Waals surface area contributed by atoms with Gasteiger partial charge in [-0.2, -0.15) is 0 Å². The van der Waals surface area contributed by atoms with E-state index in [2.05, 4.69) is 69.0 Å². The van der Waals surface area contributed by atoms with Gasteiger partial charge in [-0.15, -0.1) is 6.58 Å². The van der Waals surface area contributed by atoms with E-state index >= 15 is 0 Å². The Kier molecular flexibility index (Phi) is 5.97. The van der Waals surface area contributed by atoms with Crippen LogP contribution >= 0.6 is 0 Å². The van der Waals surface area contributed by atoms with Crippen molar-refractivity contribution in [3.8, 4) is 0 Å². The van der Waals surface area contributed by atoms with E-state index in [1.807, 2.05) is 6.07 Å². The molecule has 0 fully saturated rings. The zero-order valence-electron chi connectivity index (χ0n) is 13.6. The van der Waals surface area contributed by atoms with Gasteiger partial charge in [0.1, 0.15) is 0 Å². The molecule has 0 spiro atoms. The molecule has 0 unspecified atom stereocenters. The third kappa shape index (κ3) is 4.32. The molecule has 0 saturated carbocycles. The van der Waals surface area contributed by atoms with Crippen molar-refractivity contribution in [3.05, 3.63) is 83.4 Å². The van der Waals surface area contributed by atoms with Crippen molar-refractivity contribution in [2.24, 2.45) is 0 Å². The van der Waals surface area contributed by atoms with Gasteiger partial charge in [-0.1, -0.05) is 65.7 Å². The molecule has 2 atom stereocenters. The Morgan fingerprint density at radius 2 is 1.55 bits per heavy atom. The summed E-state index contributed by atoms with van der Waals surface area (Å²) in [7, 11) is 0. The molecule has 1 nitrogen and oxygen atoms in total. The molecule has 2 aromatic rings. The minimum absolute atomic E-state index is 0.206. The number of aliphatic hydroxyl groups is 1. The standard InChI is InChI=1S/C21H26O/c1-16(2)15-21(19-11-9-17(3)10-12-19)20(13-14-22)18-7-5-4-6-8-18/h4-12,20-22H,1,13-15H2,2-3H3/t20-,21-/m1/s1. The van der Waals surface area contributed by atoms with Gasteiger partial charge in [0.05, 0.1) is 0 Å². The Bertz CT molecular complexity index is 583. The van der Waals surface area contributed by atoms with E-state index in [4.69, 9.17) is 0 Å². The highest BCUT2D eigenvalue weighted by Crippen LogP contribution is 2.39. The van der Waals surface area contributed by atoms with Crippen LogP contribution in [0.2, 0.25) is 0 Å². The van der Waals surface area contributed by atoms with Crippen LogP contribution in [0.4, 0.5) is 0 Å². The van der Waals surface area contributed by atoms with Crippen LogP contribution in [0.15, 0.2) is 66.7 Å². The van der Waals surface area contributed by atoms with Crippen LogP contribution in [-0.4, -0.2) is 11.7 Å². The molecule has 2 aromatic carbocycles. The maximum Gasteiger partial charge on any atom is 0.0437 e. The monoisotopic (exact) mass is 294 g/mol. The summed E-state index contributed by atoms with van der Waals surface area (Å²) in [5.74, 6) is 0.665. The van der Waals surface area contributed by atoms with Crippen LogP contribution in [0.5, 0.6) is 0 Å². The van der Waals surface area contributed by atoms with Crippen molar-refractivity contribution < 1.29 is 5.11 Å². The molecule has 0 radical (unpaired) electrons. The lowest BCUT2D eigenvalue weighted by Gasteiger charge is -2.28. The maximum atomic E-state index is 9.55. The van der Waals surface area contributed by atoms with E-state index in [-0.39, 0.29) is 6.61 Å². The fourth-order valence-electron chi connectivity index (χ4n) is 3.12. The first-order valence-electron chi connectivity index (χ1n) is 7.98. The Morgan fingerprint density at radius 3 is 2.09 bits per heavy atom. The van der Waals surface area contributed by atoms with Gasteiger partial charge >= 0.3 is 0 Å². The maximum absolute atomic E-state index is 9.55. The van der Waals surface area contributed by atoms with Gasteiger partial charge in [0.25, 0.3) is 0 Å². The number of rotatable bonds is 7. The lowest BCUT2D eigenvalue weighted by molar-refractivity contribution is 0.266. The van der Waals surface area contributed by atoms with Crippen LogP contribution in [0.25, 0.3) is 0 Å². The van der Waals surface area contributed by atoms with Crippen molar-refractivity contribution in [2.45, 2.75) is 38.5 Å². The van der Waals surface area contributed by atoms with Gasteiger partial charge in [-0.05, 0) is 49.7 Å². The lowest BCUT2D eigenvalue weighted by Crippen LogP contribution is -2.14. The summed E-state index contributed by atoms with van der Waals surface area (Å²) in [4.78, 5) is 0. The van der Waals surface area contributed by atoms with Crippen LogP contribution in [0.1, 0.15) is 48.3 Å². The second-order valence-electron chi connectivity index (χ2n) is 6.21. The minimum Gasteiger partial charge on any atom is -0.396 e. The molecule has 0 aliphatic heterocycles. The van der Waals surface area contributed by atoms with E-state index in [0.29, 0.717) is 11.8 Å². The van der Waals surface area contributed by atoms with Crippen molar-refractivity contribution in [1.82, 2.24) is 0 Å². The third-order valence-corrected chi connectivity index (χ3v) is 4.23. The zero-order valence-corrected chi connectivity index (χ0v) is 13.6. The number of aliphatic hydroxyl groups excluding tert-OH is 1. The SMILES string of the molecule is C=C(C)C[C@H](c1ccc(C)cc1)[C@H](CCO)c1ccccc1. The predicted molar refractivity (Wildman–Crippen MR) is 94.2 cm³/mol. The van der Waals surface area contributed by atoms with Gasteiger partial charge < -0.3 is 5.11 Å². The summed E-state index contributed by atoms with van der Waals surface area (Å²) in [6.45, 7) is 8.51. The van der Waals surface area contributed by atoms with Crippen molar-refractivity contribution in [1.29, 1.82) is 0 Å². The smallest absolute Gasteiger partial charge is 0.0437 e. The first-order valence-corrected chi connectivity index (χ1v) is 7.98. The van der Waals surface area contributed by atoms with Gasteiger partial charge in [-0.3, -0.25) is 0 Å². The Labute approximate surface area is 134 Å². The van der Waals surface area contributed by atoms with Gasteiger partial charge in [0.2, 0.25) is 0 Å². The lowest BCUT2D eigenvalue weighted by atomic mass is 9.76. The molecule has 0 saturated heterocycles. The molecule has 0 aliphatic rings. The van der Waals surface area contributed by atoms with Crippen molar-refractivity contribution in [2.75, 3.05) is 6.61 Å². The van der Waals surface area contributed by atoms with Crippen LogP contribution < -0.4 is 0 Å². The number of benzene rings is 2. The second kappa shape index (κ2) is 7.95. The number of hydrogen-bond donors (Lipinski definition) is 1. The Balaban J connectivity index is 2.40. The number of allylic oxidation sites excluding steroid dienone is 1. The first-order chi connectivity index (χ1) is 10.6. The zero-order chi connectivity index (χ0) is 15.9. The molecule has 0 heterocycles. The van der Waals surface area contributed by atoms with E-state index in [1.54, 1.807) is 0 Å². The summed E-state index contributed by atoms with van der Waals surface area (Å²) in [6, 6.07) is 19.3. The van der Waals surface area contributed by atoms with Crippen LogP contribution in [0.3, 0.4) is 0 Å².